The topological polar surface area (TPSA) is 58.0 Å². The highest BCUT2D eigenvalue weighted by Gasteiger charge is 2.37. The molecule has 3 heterocycles. The van der Waals surface area contributed by atoms with Gasteiger partial charge in [-0.3, -0.25) is 0 Å². The van der Waals surface area contributed by atoms with Crippen LogP contribution in [0, 0.1) is 0 Å². The molecule has 5 rings (SSSR count). The van der Waals surface area contributed by atoms with Gasteiger partial charge in [0.15, 0.2) is 0 Å². The summed E-state index contributed by atoms with van der Waals surface area (Å²) in [6.45, 7) is 2.14. The van der Waals surface area contributed by atoms with Crippen LogP contribution in [0.1, 0.15) is 50.3 Å². The monoisotopic (exact) mass is 342 g/mol. The molecule has 0 unspecified atom stereocenters. The van der Waals surface area contributed by atoms with Crippen LogP contribution in [0.4, 0.5) is 10.9 Å². The van der Waals surface area contributed by atoms with Crippen LogP contribution in [0.25, 0.3) is 0 Å². The van der Waals surface area contributed by atoms with Gasteiger partial charge in [-0.15, -0.1) is 0 Å². The van der Waals surface area contributed by atoms with E-state index in [2.05, 4.69) is 30.2 Å². The number of rotatable bonds is 5. The van der Waals surface area contributed by atoms with Gasteiger partial charge in [-0.2, -0.15) is 4.37 Å². The van der Waals surface area contributed by atoms with Gasteiger partial charge in [0.1, 0.15) is 18.0 Å². The number of aromatic nitrogens is 4. The standard InChI is InChI=1S/C17H22N6S/c1-2-12(1)16-20-17(24-21-16)22-9-6-14(7-10-22)23(13-3-4-13)15-5-8-18-11-19-15/h5,8,11-14H,1-4,6-7,9-10H2. The Kier molecular flexibility index (Phi) is 3.61. The first-order valence-corrected chi connectivity index (χ1v) is 9.79. The molecule has 2 aromatic heterocycles. The summed E-state index contributed by atoms with van der Waals surface area (Å²) in [5.41, 5.74) is 0. The molecule has 0 amide bonds. The highest BCUT2D eigenvalue weighted by atomic mass is 32.1. The van der Waals surface area contributed by atoms with Gasteiger partial charge in [0.25, 0.3) is 0 Å². The maximum Gasteiger partial charge on any atom is 0.205 e. The van der Waals surface area contributed by atoms with Crippen molar-refractivity contribution < 1.29 is 0 Å². The van der Waals surface area contributed by atoms with Crippen LogP contribution < -0.4 is 9.80 Å². The summed E-state index contributed by atoms with van der Waals surface area (Å²) in [5.74, 6) is 2.83. The van der Waals surface area contributed by atoms with E-state index in [1.54, 1.807) is 17.9 Å². The van der Waals surface area contributed by atoms with E-state index in [0.717, 1.165) is 29.9 Å². The average molecular weight is 342 g/mol. The SMILES string of the molecule is c1cc(N(C2CC2)C2CCN(c3nc(C4CC4)ns3)CC2)ncn1. The first kappa shape index (κ1) is 14.6. The summed E-state index contributed by atoms with van der Waals surface area (Å²) in [6.07, 6.45) is 11.0. The predicted octanol–water partition coefficient (Wildman–Crippen LogP) is 2.84. The number of piperidine rings is 1. The van der Waals surface area contributed by atoms with E-state index in [1.165, 1.54) is 38.5 Å². The molecule has 0 spiro atoms. The summed E-state index contributed by atoms with van der Waals surface area (Å²) in [5, 5.41) is 1.12. The molecule has 0 atom stereocenters. The molecule has 0 radical (unpaired) electrons. The summed E-state index contributed by atoms with van der Waals surface area (Å²) in [4.78, 5) is 18.3. The minimum absolute atomic E-state index is 0.583. The molecular formula is C17H22N6S. The van der Waals surface area contributed by atoms with Crippen LogP contribution in [0.5, 0.6) is 0 Å². The van der Waals surface area contributed by atoms with Crippen molar-refractivity contribution in [3.05, 3.63) is 24.4 Å². The maximum atomic E-state index is 4.77. The maximum absolute atomic E-state index is 4.77. The third kappa shape index (κ3) is 2.85. The lowest BCUT2D eigenvalue weighted by molar-refractivity contribution is 0.459. The van der Waals surface area contributed by atoms with E-state index < -0.39 is 0 Å². The van der Waals surface area contributed by atoms with Gasteiger partial charge in [-0.1, -0.05) is 0 Å². The molecule has 7 heteroatoms. The number of hydrogen-bond acceptors (Lipinski definition) is 7. The van der Waals surface area contributed by atoms with Crippen LogP contribution in [0.3, 0.4) is 0 Å². The lowest BCUT2D eigenvalue weighted by Gasteiger charge is -2.39. The van der Waals surface area contributed by atoms with Crippen LogP contribution in [0.15, 0.2) is 18.6 Å². The van der Waals surface area contributed by atoms with Crippen molar-refractivity contribution in [3.8, 4) is 0 Å². The second-order valence-corrected chi connectivity index (χ2v) is 7.86. The molecule has 1 aliphatic heterocycles. The Morgan fingerprint density at radius 2 is 1.83 bits per heavy atom. The van der Waals surface area contributed by atoms with Gasteiger partial charge in [0, 0.05) is 48.8 Å². The van der Waals surface area contributed by atoms with Crippen LogP contribution in [-0.2, 0) is 0 Å². The van der Waals surface area contributed by atoms with E-state index >= 15 is 0 Å². The lowest BCUT2D eigenvalue weighted by atomic mass is 10.0. The minimum atomic E-state index is 0.583. The van der Waals surface area contributed by atoms with Crippen LogP contribution >= 0.6 is 11.5 Å². The molecule has 2 saturated carbocycles. The van der Waals surface area contributed by atoms with Crippen molar-refractivity contribution in [3.63, 3.8) is 0 Å². The minimum Gasteiger partial charge on any atom is -0.350 e. The Labute approximate surface area is 146 Å². The van der Waals surface area contributed by atoms with Crippen LogP contribution in [0.2, 0.25) is 0 Å². The molecule has 3 aliphatic rings. The predicted molar refractivity (Wildman–Crippen MR) is 94.7 cm³/mol. The van der Waals surface area contributed by atoms with Gasteiger partial charge in [-0.05, 0) is 44.6 Å². The zero-order chi connectivity index (χ0) is 15.9. The van der Waals surface area contributed by atoms with E-state index in [4.69, 9.17) is 4.98 Å². The average Bonchev–Trinajstić information content (AvgIpc) is 3.57. The third-order valence-corrected chi connectivity index (χ3v) is 6.06. The summed E-state index contributed by atoms with van der Waals surface area (Å²) >= 11 is 1.58. The fourth-order valence-corrected chi connectivity index (χ4v) is 4.46. The molecular weight excluding hydrogens is 320 g/mol. The van der Waals surface area contributed by atoms with Gasteiger partial charge >= 0.3 is 0 Å². The first-order valence-electron chi connectivity index (χ1n) is 9.01. The van der Waals surface area contributed by atoms with Gasteiger partial charge < -0.3 is 9.80 Å². The Hall–Kier alpha value is -1.76. The summed E-state index contributed by atoms with van der Waals surface area (Å²) < 4.78 is 4.55. The number of nitrogens with zero attached hydrogens (tertiary/aromatic N) is 6. The Morgan fingerprint density at radius 1 is 1.04 bits per heavy atom. The van der Waals surface area contributed by atoms with Gasteiger partial charge in [0.2, 0.25) is 5.13 Å². The first-order chi connectivity index (χ1) is 11.9. The third-order valence-electron chi connectivity index (χ3n) is 5.27. The number of hydrogen-bond donors (Lipinski definition) is 0. The van der Waals surface area contributed by atoms with Gasteiger partial charge in [-0.25, -0.2) is 15.0 Å². The molecule has 0 aromatic carbocycles. The zero-order valence-corrected chi connectivity index (χ0v) is 14.5. The molecule has 2 aromatic rings. The smallest absolute Gasteiger partial charge is 0.205 e. The molecule has 1 saturated heterocycles. The van der Waals surface area contributed by atoms with E-state index in [1.807, 2.05) is 6.20 Å². The van der Waals surface area contributed by atoms with Gasteiger partial charge in [0.05, 0.1) is 0 Å². The van der Waals surface area contributed by atoms with Crippen molar-refractivity contribution in [2.45, 2.75) is 56.5 Å². The van der Waals surface area contributed by atoms with E-state index in [-0.39, 0.29) is 0 Å². The summed E-state index contributed by atoms with van der Waals surface area (Å²) in [7, 11) is 0. The normalized spacial score (nSPS) is 21.9. The largest absolute Gasteiger partial charge is 0.350 e. The Balaban J connectivity index is 1.26. The van der Waals surface area contributed by atoms with Crippen molar-refractivity contribution in [2.75, 3.05) is 22.9 Å². The van der Waals surface area contributed by atoms with Crippen molar-refractivity contribution in [1.29, 1.82) is 0 Å². The Bertz CT molecular complexity index is 688. The summed E-state index contributed by atoms with van der Waals surface area (Å²) in [6, 6.07) is 3.32. The zero-order valence-electron chi connectivity index (χ0n) is 13.7. The van der Waals surface area contributed by atoms with Crippen molar-refractivity contribution in [1.82, 2.24) is 19.3 Å². The fourth-order valence-electron chi connectivity index (χ4n) is 3.66. The molecule has 3 fully saturated rings. The molecule has 0 bridgehead atoms. The Morgan fingerprint density at radius 3 is 2.50 bits per heavy atom. The highest BCUT2D eigenvalue weighted by molar-refractivity contribution is 7.09. The quantitative estimate of drug-likeness (QED) is 0.833. The van der Waals surface area contributed by atoms with E-state index in [0.29, 0.717) is 18.0 Å². The molecule has 2 aliphatic carbocycles. The van der Waals surface area contributed by atoms with Crippen molar-refractivity contribution in [2.24, 2.45) is 0 Å². The molecule has 0 N–H and O–H groups in total. The van der Waals surface area contributed by atoms with E-state index in [9.17, 15) is 0 Å². The van der Waals surface area contributed by atoms with Crippen molar-refractivity contribution >= 4 is 22.5 Å². The fraction of sp³-hybridized carbons (Fsp3) is 0.647. The highest BCUT2D eigenvalue weighted by Crippen LogP contribution is 2.40. The number of anilines is 2. The van der Waals surface area contributed by atoms with Crippen LogP contribution in [-0.4, -0.2) is 44.5 Å². The second-order valence-electron chi connectivity index (χ2n) is 7.13. The molecule has 6 nitrogen and oxygen atoms in total. The lowest BCUT2D eigenvalue weighted by Crippen LogP contribution is -2.46. The molecule has 126 valence electrons. The second kappa shape index (κ2) is 5.95. The molecule has 24 heavy (non-hydrogen) atoms.